The quantitative estimate of drug-likeness (QED) is 0.840. The van der Waals surface area contributed by atoms with Gasteiger partial charge in [-0.05, 0) is 37.3 Å². The first-order valence-electron chi connectivity index (χ1n) is 6.20. The zero-order valence-electron chi connectivity index (χ0n) is 11.1. The van der Waals surface area contributed by atoms with Gasteiger partial charge < -0.3 is 5.32 Å². The average Bonchev–Trinajstić information content (AvgIpc) is 2.47. The fraction of sp³-hybridized carbons (Fsp3) is 0.231. The number of hydrogen-bond acceptors (Lipinski definition) is 5. The predicted molar refractivity (Wildman–Crippen MR) is 76.7 cm³/mol. The van der Waals surface area contributed by atoms with Crippen LogP contribution in [0.1, 0.15) is 12.6 Å². The van der Waals surface area contributed by atoms with E-state index in [1.807, 2.05) is 6.92 Å². The first kappa shape index (κ1) is 14.4. The van der Waals surface area contributed by atoms with Crippen molar-refractivity contribution in [3.05, 3.63) is 48.5 Å². The lowest BCUT2D eigenvalue weighted by Crippen LogP contribution is -2.23. The first-order chi connectivity index (χ1) is 9.62. The van der Waals surface area contributed by atoms with Crippen LogP contribution in [0.25, 0.3) is 0 Å². The summed E-state index contributed by atoms with van der Waals surface area (Å²) in [5.41, 5.74) is 1.51. The Balaban J connectivity index is 2.06. The Hall–Kier alpha value is -1.99. The monoisotopic (exact) mass is 292 g/mol. The van der Waals surface area contributed by atoms with Gasteiger partial charge in [0.1, 0.15) is 6.33 Å². The van der Waals surface area contributed by atoms with Gasteiger partial charge in [0, 0.05) is 18.4 Å². The summed E-state index contributed by atoms with van der Waals surface area (Å²) < 4.78 is 26.7. The van der Waals surface area contributed by atoms with E-state index >= 15 is 0 Å². The Bertz CT molecular complexity index is 642. The molecule has 0 radical (unpaired) electrons. The predicted octanol–water partition coefficient (Wildman–Crippen LogP) is 1.39. The lowest BCUT2D eigenvalue weighted by atomic mass is 10.3. The van der Waals surface area contributed by atoms with Crippen molar-refractivity contribution in [3.63, 3.8) is 0 Å². The molecule has 0 aliphatic heterocycles. The molecular formula is C13H16N4O2S. The molecule has 1 aromatic heterocycles. The van der Waals surface area contributed by atoms with Crippen LogP contribution in [0.4, 0.5) is 5.69 Å². The van der Waals surface area contributed by atoms with Crippen LogP contribution in [0.3, 0.4) is 0 Å². The smallest absolute Gasteiger partial charge is 0.240 e. The maximum absolute atomic E-state index is 12.1. The second-order valence-corrected chi connectivity index (χ2v) is 5.85. The van der Waals surface area contributed by atoms with Crippen LogP contribution in [0.2, 0.25) is 0 Å². The lowest BCUT2D eigenvalue weighted by molar-refractivity contribution is 0.580. The van der Waals surface area contributed by atoms with Gasteiger partial charge in [0.25, 0.3) is 0 Å². The van der Waals surface area contributed by atoms with Gasteiger partial charge >= 0.3 is 0 Å². The van der Waals surface area contributed by atoms with Gasteiger partial charge in [-0.3, -0.25) is 0 Å². The van der Waals surface area contributed by atoms with Crippen molar-refractivity contribution in [3.8, 4) is 0 Å². The van der Waals surface area contributed by atoms with Crippen molar-refractivity contribution in [1.29, 1.82) is 0 Å². The molecule has 0 aliphatic carbocycles. The van der Waals surface area contributed by atoms with Gasteiger partial charge in [-0.15, -0.1) is 0 Å². The van der Waals surface area contributed by atoms with Crippen LogP contribution in [0, 0.1) is 0 Å². The second-order valence-electron chi connectivity index (χ2n) is 4.08. The third kappa shape index (κ3) is 3.75. The van der Waals surface area contributed by atoms with E-state index in [-0.39, 0.29) is 11.4 Å². The Labute approximate surface area is 118 Å². The lowest BCUT2D eigenvalue weighted by Gasteiger charge is -2.08. The van der Waals surface area contributed by atoms with E-state index in [9.17, 15) is 8.42 Å². The number of anilines is 1. The van der Waals surface area contributed by atoms with Gasteiger partial charge in [-0.2, -0.15) is 0 Å². The number of nitrogens with one attached hydrogen (secondary N) is 2. The summed E-state index contributed by atoms with van der Waals surface area (Å²) >= 11 is 0. The van der Waals surface area contributed by atoms with E-state index < -0.39 is 10.0 Å². The van der Waals surface area contributed by atoms with Crippen LogP contribution >= 0.6 is 0 Å². The minimum atomic E-state index is -3.53. The van der Waals surface area contributed by atoms with Crippen molar-refractivity contribution >= 4 is 15.7 Å². The summed E-state index contributed by atoms with van der Waals surface area (Å²) in [6, 6.07) is 8.28. The van der Waals surface area contributed by atoms with Crippen molar-refractivity contribution < 1.29 is 8.42 Å². The molecule has 2 rings (SSSR count). The molecule has 0 bridgehead atoms. The van der Waals surface area contributed by atoms with Crippen molar-refractivity contribution in [2.24, 2.45) is 0 Å². The van der Waals surface area contributed by atoms with E-state index in [1.54, 1.807) is 36.5 Å². The van der Waals surface area contributed by atoms with Gasteiger partial charge in [0.15, 0.2) is 0 Å². The second kappa shape index (κ2) is 6.44. The normalized spacial score (nSPS) is 11.2. The van der Waals surface area contributed by atoms with E-state index in [0.717, 1.165) is 12.2 Å². The van der Waals surface area contributed by atoms with E-state index in [0.29, 0.717) is 5.69 Å². The highest BCUT2D eigenvalue weighted by Crippen LogP contribution is 2.14. The fourth-order valence-corrected chi connectivity index (χ4v) is 2.63. The molecular weight excluding hydrogens is 276 g/mol. The summed E-state index contributed by atoms with van der Waals surface area (Å²) in [6.07, 6.45) is 2.96. The molecule has 0 unspecified atom stereocenters. The minimum Gasteiger partial charge on any atom is -0.385 e. The molecule has 2 N–H and O–H groups in total. The van der Waals surface area contributed by atoms with Gasteiger partial charge in [0.05, 0.1) is 17.1 Å². The van der Waals surface area contributed by atoms with Crippen LogP contribution < -0.4 is 10.0 Å². The van der Waals surface area contributed by atoms with E-state index in [4.69, 9.17) is 0 Å². The molecule has 7 heteroatoms. The number of benzene rings is 1. The molecule has 0 atom stereocenters. The fourth-order valence-electron chi connectivity index (χ4n) is 1.63. The summed E-state index contributed by atoms with van der Waals surface area (Å²) in [4.78, 5) is 7.98. The highest BCUT2D eigenvalue weighted by Gasteiger charge is 2.13. The Kier molecular flexibility index (Phi) is 4.65. The molecule has 0 spiro atoms. The average molecular weight is 292 g/mol. The Morgan fingerprint density at radius 2 is 1.90 bits per heavy atom. The van der Waals surface area contributed by atoms with Crippen molar-refractivity contribution in [2.45, 2.75) is 18.4 Å². The first-order valence-corrected chi connectivity index (χ1v) is 7.68. The largest absolute Gasteiger partial charge is 0.385 e. The maximum Gasteiger partial charge on any atom is 0.240 e. The number of rotatable bonds is 6. The molecule has 1 aromatic carbocycles. The number of aromatic nitrogens is 2. The van der Waals surface area contributed by atoms with Crippen LogP contribution in [0.5, 0.6) is 0 Å². The number of nitrogens with zero attached hydrogens (tertiary/aromatic N) is 2. The summed E-state index contributed by atoms with van der Waals surface area (Å²) in [5, 5.41) is 3.11. The third-order valence-corrected chi connectivity index (χ3v) is 4.05. The molecule has 1 heterocycles. The molecule has 6 nitrogen and oxygen atoms in total. The summed E-state index contributed by atoms with van der Waals surface area (Å²) in [5.74, 6) is 0. The van der Waals surface area contributed by atoms with Gasteiger partial charge in [0.2, 0.25) is 10.0 Å². The number of sulfonamides is 1. The molecule has 0 saturated heterocycles. The van der Waals surface area contributed by atoms with E-state index in [2.05, 4.69) is 20.0 Å². The van der Waals surface area contributed by atoms with E-state index in [1.165, 1.54) is 6.33 Å². The topological polar surface area (TPSA) is 84.0 Å². The summed E-state index contributed by atoms with van der Waals surface area (Å²) in [6.45, 7) is 2.91. The molecule has 0 amide bonds. The molecule has 0 saturated carbocycles. The van der Waals surface area contributed by atoms with Crippen molar-refractivity contribution in [1.82, 2.24) is 14.7 Å². The molecule has 2 aromatic rings. The molecule has 106 valence electrons. The minimum absolute atomic E-state index is 0.139. The standard InChI is InChI=1S/C13H16N4O2S/c1-2-15-11-3-5-13(6-4-11)20(18,19)17-9-12-7-8-14-10-16-12/h3-8,10,15,17H,2,9H2,1H3. The molecule has 20 heavy (non-hydrogen) atoms. The Morgan fingerprint density at radius 1 is 1.15 bits per heavy atom. The van der Waals surface area contributed by atoms with Crippen LogP contribution in [0.15, 0.2) is 47.8 Å². The zero-order valence-corrected chi connectivity index (χ0v) is 11.9. The number of hydrogen-bond donors (Lipinski definition) is 2. The molecule has 0 fully saturated rings. The maximum atomic E-state index is 12.1. The van der Waals surface area contributed by atoms with Crippen LogP contribution in [-0.2, 0) is 16.6 Å². The SMILES string of the molecule is CCNc1ccc(S(=O)(=O)NCc2ccncn2)cc1. The zero-order chi connectivity index (χ0) is 14.4. The highest BCUT2D eigenvalue weighted by atomic mass is 32.2. The van der Waals surface area contributed by atoms with Gasteiger partial charge in [-0.1, -0.05) is 0 Å². The highest BCUT2D eigenvalue weighted by molar-refractivity contribution is 7.89. The van der Waals surface area contributed by atoms with Crippen molar-refractivity contribution in [2.75, 3.05) is 11.9 Å². The molecule has 0 aliphatic rings. The van der Waals surface area contributed by atoms with Gasteiger partial charge in [-0.25, -0.2) is 23.1 Å². The Morgan fingerprint density at radius 3 is 2.50 bits per heavy atom. The third-order valence-electron chi connectivity index (χ3n) is 2.63. The van der Waals surface area contributed by atoms with Crippen LogP contribution in [-0.4, -0.2) is 24.9 Å². The summed E-state index contributed by atoms with van der Waals surface area (Å²) in [7, 11) is -3.53.